The Hall–Kier alpha value is -0.980. The van der Waals surface area contributed by atoms with Gasteiger partial charge in [-0.15, -0.1) is 0 Å². The van der Waals surface area contributed by atoms with Crippen molar-refractivity contribution in [2.24, 2.45) is 5.73 Å². The van der Waals surface area contributed by atoms with Crippen LogP contribution < -0.4 is 5.73 Å². The van der Waals surface area contributed by atoms with E-state index in [4.69, 9.17) is 15.2 Å². The van der Waals surface area contributed by atoms with Crippen LogP contribution in [0.15, 0.2) is 4.52 Å². The molecule has 2 aliphatic rings. The molecule has 2 N–H and O–H groups in total. The molecule has 2 heterocycles. The Bertz CT molecular complexity index is 468. The lowest BCUT2D eigenvalue weighted by molar-refractivity contribution is 0.108. The van der Waals surface area contributed by atoms with Crippen molar-refractivity contribution in [3.63, 3.8) is 0 Å². The molecule has 0 spiro atoms. The van der Waals surface area contributed by atoms with Crippen LogP contribution in [0.5, 0.6) is 0 Å². The number of nitrogens with zero attached hydrogens (tertiary/aromatic N) is 4. The number of hydrogen-bond donors (Lipinski definition) is 1. The highest BCUT2D eigenvalue weighted by atomic mass is 16.5. The maximum atomic E-state index is 6.06. The Morgan fingerprint density at radius 1 is 1.24 bits per heavy atom. The van der Waals surface area contributed by atoms with Gasteiger partial charge in [0.2, 0.25) is 5.89 Å². The van der Waals surface area contributed by atoms with Crippen LogP contribution >= 0.6 is 0 Å². The van der Waals surface area contributed by atoms with E-state index in [1.54, 1.807) is 0 Å². The molecule has 1 aromatic heterocycles. The minimum Gasteiger partial charge on any atom is -0.339 e. The number of piperazine rings is 1. The van der Waals surface area contributed by atoms with E-state index in [1.807, 2.05) is 0 Å². The molecule has 0 radical (unpaired) electrons. The predicted octanol–water partition coefficient (Wildman–Crippen LogP) is 1.15. The predicted molar refractivity (Wildman–Crippen MR) is 81.0 cm³/mol. The zero-order chi connectivity index (χ0) is 14.9. The largest absolute Gasteiger partial charge is 0.339 e. The molecule has 2 fully saturated rings. The minimum absolute atomic E-state index is 0.0807. The second kappa shape index (κ2) is 6.02. The van der Waals surface area contributed by atoms with Crippen LogP contribution in [0.3, 0.4) is 0 Å². The molecule has 6 heteroatoms. The van der Waals surface area contributed by atoms with Crippen molar-refractivity contribution in [3.05, 3.63) is 11.7 Å². The summed E-state index contributed by atoms with van der Waals surface area (Å²) in [5.41, 5.74) is 5.98. The number of aromatic nitrogens is 2. The van der Waals surface area contributed by atoms with Gasteiger partial charge < -0.3 is 15.2 Å². The van der Waals surface area contributed by atoms with Crippen molar-refractivity contribution >= 4 is 0 Å². The van der Waals surface area contributed by atoms with Crippen molar-refractivity contribution in [2.75, 3.05) is 40.3 Å². The van der Waals surface area contributed by atoms with Gasteiger partial charge in [0.1, 0.15) is 0 Å². The van der Waals surface area contributed by atoms with Crippen LogP contribution in [0.4, 0.5) is 0 Å². The first-order valence-electron chi connectivity index (χ1n) is 8.07. The molecular weight excluding hydrogens is 266 g/mol. The van der Waals surface area contributed by atoms with Gasteiger partial charge in [0.25, 0.3) is 0 Å². The van der Waals surface area contributed by atoms with Crippen LogP contribution in [-0.4, -0.2) is 60.2 Å². The summed E-state index contributed by atoms with van der Waals surface area (Å²) >= 11 is 0. The Kier molecular flexibility index (Phi) is 4.28. The molecule has 1 atom stereocenters. The van der Waals surface area contributed by atoms with E-state index in [2.05, 4.69) is 29.1 Å². The third-order valence-corrected chi connectivity index (χ3v) is 5.25. The summed E-state index contributed by atoms with van der Waals surface area (Å²) in [6.45, 7) is 3.68. The van der Waals surface area contributed by atoms with E-state index >= 15 is 0 Å². The van der Waals surface area contributed by atoms with Crippen LogP contribution in [-0.2, 0) is 5.41 Å². The standard InChI is InChI=1S/C15H27N5O/c1-19-8-9-20(2)12(10-19)13-17-14(21-18-13)15(11-16)6-4-3-5-7-15/h12H,3-11,16H2,1-2H3. The lowest BCUT2D eigenvalue weighted by Gasteiger charge is -2.36. The lowest BCUT2D eigenvalue weighted by atomic mass is 9.74. The monoisotopic (exact) mass is 293 g/mol. The van der Waals surface area contributed by atoms with Gasteiger partial charge in [0, 0.05) is 26.2 Å². The molecule has 1 saturated carbocycles. The van der Waals surface area contributed by atoms with Gasteiger partial charge in [-0.25, -0.2) is 0 Å². The SMILES string of the molecule is CN1CCN(C)C(c2noc(C3(CN)CCCCC3)n2)C1. The first kappa shape index (κ1) is 14.9. The van der Waals surface area contributed by atoms with Crippen LogP contribution in [0, 0.1) is 0 Å². The highest BCUT2D eigenvalue weighted by Crippen LogP contribution is 2.38. The van der Waals surface area contributed by atoms with Gasteiger partial charge in [-0.2, -0.15) is 4.98 Å². The van der Waals surface area contributed by atoms with Crippen molar-refractivity contribution < 1.29 is 4.52 Å². The zero-order valence-corrected chi connectivity index (χ0v) is 13.2. The highest BCUT2D eigenvalue weighted by Gasteiger charge is 2.39. The van der Waals surface area contributed by atoms with Gasteiger partial charge in [0.05, 0.1) is 11.5 Å². The molecular formula is C15H27N5O. The van der Waals surface area contributed by atoms with E-state index in [-0.39, 0.29) is 11.5 Å². The van der Waals surface area contributed by atoms with E-state index in [0.29, 0.717) is 6.54 Å². The molecule has 0 bridgehead atoms. The van der Waals surface area contributed by atoms with Crippen LogP contribution in [0.2, 0.25) is 0 Å². The topological polar surface area (TPSA) is 71.4 Å². The molecule has 118 valence electrons. The fraction of sp³-hybridized carbons (Fsp3) is 0.867. The minimum atomic E-state index is -0.0807. The van der Waals surface area contributed by atoms with E-state index in [9.17, 15) is 0 Å². The third-order valence-electron chi connectivity index (χ3n) is 5.25. The Morgan fingerprint density at radius 2 is 2.00 bits per heavy atom. The van der Waals surface area contributed by atoms with Gasteiger partial charge >= 0.3 is 0 Å². The quantitative estimate of drug-likeness (QED) is 0.901. The second-order valence-corrected chi connectivity index (χ2v) is 6.76. The molecule has 1 unspecified atom stereocenters. The lowest BCUT2D eigenvalue weighted by Crippen LogP contribution is -2.45. The normalized spacial score (nSPS) is 27.9. The number of hydrogen-bond acceptors (Lipinski definition) is 6. The number of likely N-dealkylation sites (N-methyl/N-ethyl adjacent to an activating group) is 2. The first-order valence-corrected chi connectivity index (χ1v) is 8.07. The molecule has 21 heavy (non-hydrogen) atoms. The molecule has 0 aromatic carbocycles. The van der Waals surface area contributed by atoms with Crippen molar-refractivity contribution in [3.8, 4) is 0 Å². The van der Waals surface area contributed by atoms with E-state index in [1.165, 1.54) is 19.3 Å². The molecule has 1 aliphatic carbocycles. The van der Waals surface area contributed by atoms with E-state index < -0.39 is 0 Å². The average molecular weight is 293 g/mol. The van der Waals surface area contributed by atoms with Gasteiger partial charge in [0.15, 0.2) is 5.82 Å². The first-order chi connectivity index (χ1) is 10.1. The summed E-state index contributed by atoms with van der Waals surface area (Å²) in [6.07, 6.45) is 5.86. The fourth-order valence-corrected chi connectivity index (χ4v) is 3.61. The number of rotatable bonds is 3. The molecule has 6 nitrogen and oxygen atoms in total. The molecule has 0 amide bonds. The number of nitrogens with two attached hydrogens (primary N) is 1. The van der Waals surface area contributed by atoms with Crippen molar-refractivity contribution in [1.29, 1.82) is 0 Å². The smallest absolute Gasteiger partial charge is 0.234 e. The Labute approximate surface area is 126 Å². The van der Waals surface area contributed by atoms with Crippen LogP contribution in [0.1, 0.15) is 49.9 Å². The van der Waals surface area contributed by atoms with Crippen molar-refractivity contribution in [1.82, 2.24) is 19.9 Å². The molecule has 1 saturated heterocycles. The van der Waals surface area contributed by atoms with Gasteiger partial charge in [-0.1, -0.05) is 24.4 Å². The highest BCUT2D eigenvalue weighted by molar-refractivity contribution is 5.10. The van der Waals surface area contributed by atoms with E-state index in [0.717, 1.165) is 44.2 Å². The Morgan fingerprint density at radius 3 is 2.71 bits per heavy atom. The summed E-state index contributed by atoms with van der Waals surface area (Å²) in [5.74, 6) is 1.58. The zero-order valence-electron chi connectivity index (χ0n) is 13.2. The third kappa shape index (κ3) is 2.84. The maximum absolute atomic E-state index is 6.06. The molecule has 3 rings (SSSR count). The Balaban J connectivity index is 1.82. The fourth-order valence-electron chi connectivity index (χ4n) is 3.61. The maximum Gasteiger partial charge on any atom is 0.234 e. The summed E-state index contributed by atoms with van der Waals surface area (Å²) in [7, 11) is 4.27. The average Bonchev–Trinajstić information content (AvgIpc) is 3.00. The summed E-state index contributed by atoms with van der Waals surface area (Å²) in [5, 5.41) is 4.28. The summed E-state index contributed by atoms with van der Waals surface area (Å²) in [4.78, 5) is 9.39. The summed E-state index contributed by atoms with van der Waals surface area (Å²) in [6, 6.07) is 0.222. The summed E-state index contributed by atoms with van der Waals surface area (Å²) < 4.78 is 5.65. The van der Waals surface area contributed by atoms with Gasteiger partial charge in [-0.3, -0.25) is 4.90 Å². The van der Waals surface area contributed by atoms with Crippen LogP contribution in [0.25, 0.3) is 0 Å². The van der Waals surface area contributed by atoms with Gasteiger partial charge in [-0.05, 0) is 26.9 Å². The molecule has 1 aromatic rings. The van der Waals surface area contributed by atoms with Crippen molar-refractivity contribution in [2.45, 2.75) is 43.6 Å². The molecule has 1 aliphatic heterocycles. The second-order valence-electron chi connectivity index (χ2n) is 6.76.